The summed E-state index contributed by atoms with van der Waals surface area (Å²) in [7, 11) is 0. The molecule has 1 aliphatic carbocycles. The maximum atomic E-state index is 11.8. The van der Waals surface area contributed by atoms with Crippen molar-refractivity contribution in [2.75, 3.05) is 5.32 Å². The number of anilines is 1. The van der Waals surface area contributed by atoms with Crippen LogP contribution in [-0.2, 0) is 11.2 Å². The lowest BCUT2D eigenvalue weighted by molar-refractivity contribution is -0.118. The van der Waals surface area contributed by atoms with Gasteiger partial charge < -0.3 is 11.1 Å². The fraction of sp³-hybridized carbons (Fsp3) is 0.312. The highest BCUT2D eigenvalue weighted by Crippen LogP contribution is 2.36. The van der Waals surface area contributed by atoms with Crippen LogP contribution in [0.2, 0.25) is 0 Å². The Bertz CT molecular complexity index is 873. The number of aromatic nitrogens is 5. The molecule has 0 bridgehead atoms. The largest absolute Gasteiger partial charge is 0.368 e. The highest BCUT2D eigenvalue weighted by atomic mass is 16.1. The number of nitrogens with two attached hydrogens (primary N) is 1. The van der Waals surface area contributed by atoms with Crippen molar-refractivity contribution >= 4 is 22.9 Å². The van der Waals surface area contributed by atoms with Crippen LogP contribution in [0.5, 0.6) is 0 Å². The Labute approximate surface area is 138 Å². The molecule has 1 fully saturated rings. The van der Waals surface area contributed by atoms with Crippen LogP contribution in [0, 0.1) is 0 Å². The molecular formula is C16H17N7O. The van der Waals surface area contributed by atoms with Gasteiger partial charge in [0, 0.05) is 6.42 Å². The first-order valence-corrected chi connectivity index (χ1v) is 7.88. The highest BCUT2D eigenvalue weighted by Gasteiger charge is 2.28. The van der Waals surface area contributed by atoms with Crippen molar-refractivity contribution in [2.45, 2.75) is 31.3 Å². The number of hydrogen-bond acceptors (Lipinski definition) is 6. The number of hydrogen-bond donors (Lipinski definition) is 2. The van der Waals surface area contributed by atoms with Crippen molar-refractivity contribution in [1.82, 2.24) is 25.0 Å². The smallest absolute Gasteiger partial charge is 0.240 e. The number of rotatable bonds is 6. The Morgan fingerprint density at radius 1 is 1.29 bits per heavy atom. The van der Waals surface area contributed by atoms with Gasteiger partial charge in [-0.1, -0.05) is 35.5 Å². The molecule has 0 spiro atoms. The van der Waals surface area contributed by atoms with Crippen molar-refractivity contribution in [1.29, 1.82) is 0 Å². The lowest BCUT2D eigenvalue weighted by atomic mass is 10.1. The molecule has 4 rings (SSSR count). The van der Waals surface area contributed by atoms with E-state index in [-0.39, 0.29) is 0 Å². The molecule has 0 radical (unpaired) electrons. The molecule has 8 heteroatoms. The average Bonchev–Trinajstić information content (AvgIpc) is 3.34. The lowest BCUT2D eigenvalue weighted by Gasteiger charge is -2.16. The number of carbonyl (C=O) groups excluding carboxylic acids is 1. The summed E-state index contributed by atoms with van der Waals surface area (Å²) in [5.41, 5.74) is 7.81. The monoisotopic (exact) mass is 323 g/mol. The first kappa shape index (κ1) is 14.6. The Kier molecular flexibility index (Phi) is 3.56. The van der Waals surface area contributed by atoms with Crippen molar-refractivity contribution in [3.05, 3.63) is 42.2 Å². The lowest BCUT2D eigenvalue weighted by Crippen LogP contribution is -2.37. The van der Waals surface area contributed by atoms with Crippen LogP contribution in [0.1, 0.15) is 24.4 Å². The van der Waals surface area contributed by atoms with Gasteiger partial charge >= 0.3 is 0 Å². The van der Waals surface area contributed by atoms with E-state index in [1.807, 2.05) is 35.0 Å². The molecule has 2 aromatic heterocycles. The standard InChI is InChI=1S/C16H17N7O/c17-14(24)12(8-10-4-2-1-3-5-10)20-15-13-16(19-9-18-15)23(22-21-13)11-6-7-11/h1-5,9,11-12H,6-8H2,(H2,17,24)(H,18,19,20). The van der Waals surface area contributed by atoms with Gasteiger partial charge in [0.05, 0.1) is 6.04 Å². The zero-order valence-corrected chi connectivity index (χ0v) is 13.0. The minimum atomic E-state index is -0.587. The van der Waals surface area contributed by atoms with Gasteiger partial charge in [0.1, 0.15) is 12.4 Å². The summed E-state index contributed by atoms with van der Waals surface area (Å²) in [6.07, 6.45) is 4.10. The van der Waals surface area contributed by atoms with E-state index in [1.54, 1.807) is 0 Å². The zero-order chi connectivity index (χ0) is 16.5. The molecule has 1 amide bonds. The molecule has 3 aromatic rings. The SMILES string of the molecule is NC(=O)C(Cc1ccccc1)Nc1ncnc2c1nnn2C1CC1. The van der Waals surface area contributed by atoms with E-state index in [0.717, 1.165) is 18.4 Å². The average molecular weight is 323 g/mol. The molecule has 1 saturated carbocycles. The Hall–Kier alpha value is -3.03. The number of carbonyl (C=O) groups is 1. The molecule has 122 valence electrons. The third-order valence-corrected chi connectivity index (χ3v) is 4.09. The van der Waals surface area contributed by atoms with Crippen LogP contribution in [0.15, 0.2) is 36.7 Å². The first-order valence-electron chi connectivity index (χ1n) is 7.88. The third kappa shape index (κ3) is 2.78. The fourth-order valence-electron chi connectivity index (χ4n) is 2.67. The number of fused-ring (bicyclic) bond motifs is 1. The van der Waals surface area contributed by atoms with Crippen molar-refractivity contribution in [3.63, 3.8) is 0 Å². The summed E-state index contributed by atoms with van der Waals surface area (Å²) in [5.74, 6) is 0.0341. The second kappa shape index (κ2) is 5.88. The number of primary amides is 1. The van der Waals surface area contributed by atoms with E-state index in [2.05, 4.69) is 25.6 Å². The minimum Gasteiger partial charge on any atom is -0.368 e. The topological polar surface area (TPSA) is 112 Å². The van der Waals surface area contributed by atoms with E-state index in [1.165, 1.54) is 6.33 Å². The molecule has 0 aliphatic heterocycles. The van der Waals surface area contributed by atoms with E-state index in [9.17, 15) is 4.79 Å². The molecule has 1 aliphatic rings. The number of nitrogens with zero attached hydrogens (tertiary/aromatic N) is 5. The Morgan fingerprint density at radius 3 is 2.79 bits per heavy atom. The van der Waals surface area contributed by atoms with Crippen molar-refractivity contribution in [2.24, 2.45) is 5.73 Å². The molecule has 1 aromatic carbocycles. The van der Waals surface area contributed by atoms with E-state index >= 15 is 0 Å². The van der Waals surface area contributed by atoms with Crippen molar-refractivity contribution < 1.29 is 4.79 Å². The number of benzene rings is 1. The Balaban J connectivity index is 1.62. The van der Waals surface area contributed by atoms with Crippen LogP contribution in [-0.4, -0.2) is 36.9 Å². The number of amides is 1. The van der Waals surface area contributed by atoms with Gasteiger partial charge in [0.25, 0.3) is 0 Å². The molecule has 8 nitrogen and oxygen atoms in total. The summed E-state index contributed by atoms with van der Waals surface area (Å²) in [6.45, 7) is 0. The summed E-state index contributed by atoms with van der Waals surface area (Å²) in [4.78, 5) is 20.3. The molecule has 1 atom stereocenters. The van der Waals surface area contributed by atoms with Gasteiger partial charge in [-0.05, 0) is 18.4 Å². The van der Waals surface area contributed by atoms with Crippen molar-refractivity contribution in [3.8, 4) is 0 Å². The second-order valence-corrected chi connectivity index (χ2v) is 5.95. The molecular weight excluding hydrogens is 306 g/mol. The van der Waals surface area contributed by atoms with Gasteiger partial charge in [0.15, 0.2) is 17.0 Å². The zero-order valence-electron chi connectivity index (χ0n) is 13.0. The normalized spacial score (nSPS) is 15.3. The van der Waals surface area contributed by atoms with Crippen LogP contribution in [0.25, 0.3) is 11.2 Å². The summed E-state index contributed by atoms with van der Waals surface area (Å²) in [5, 5.41) is 11.4. The van der Waals surface area contributed by atoms with Gasteiger partial charge in [-0.2, -0.15) is 0 Å². The second-order valence-electron chi connectivity index (χ2n) is 5.95. The predicted octanol–water partition coefficient (Wildman–Crippen LogP) is 1.06. The summed E-state index contributed by atoms with van der Waals surface area (Å²) in [6, 6.07) is 9.48. The highest BCUT2D eigenvalue weighted by molar-refractivity contribution is 5.88. The van der Waals surface area contributed by atoms with Gasteiger partial charge in [0.2, 0.25) is 5.91 Å². The van der Waals surface area contributed by atoms with Crippen LogP contribution in [0.4, 0.5) is 5.82 Å². The third-order valence-electron chi connectivity index (χ3n) is 4.09. The Morgan fingerprint density at radius 2 is 2.08 bits per heavy atom. The van der Waals surface area contributed by atoms with E-state index in [0.29, 0.717) is 29.4 Å². The van der Waals surface area contributed by atoms with E-state index < -0.39 is 11.9 Å². The van der Waals surface area contributed by atoms with Gasteiger partial charge in [-0.15, -0.1) is 5.10 Å². The molecule has 1 unspecified atom stereocenters. The maximum absolute atomic E-state index is 11.8. The predicted molar refractivity (Wildman–Crippen MR) is 88.1 cm³/mol. The number of nitrogens with one attached hydrogen (secondary N) is 1. The summed E-state index contributed by atoms with van der Waals surface area (Å²) < 4.78 is 1.82. The fourth-order valence-corrected chi connectivity index (χ4v) is 2.67. The molecule has 0 saturated heterocycles. The van der Waals surface area contributed by atoms with Gasteiger partial charge in [-0.3, -0.25) is 4.79 Å². The minimum absolute atomic E-state index is 0.369. The quantitative estimate of drug-likeness (QED) is 0.701. The van der Waals surface area contributed by atoms with Gasteiger partial charge in [-0.25, -0.2) is 14.6 Å². The van der Waals surface area contributed by atoms with Crippen LogP contribution < -0.4 is 11.1 Å². The van der Waals surface area contributed by atoms with Crippen LogP contribution >= 0.6 is 0 Å². The maximum Gasteiger partial charge on any atom is 0.240 e. The molecule has 24 heavy (non-hydrogen) atoms. The van der Waals surface area contributed by atoms with E-state index in [4.69, 9.17) is 5.73 Å². The van der Waals surface area contributed by atoms with Crippen LogP contribution in [0.3, 0.4) is 0 Å². The summed E-state index contributed by atoms with van der Waals surface area (Å²) >= 11 is 0. The molecule has 3 N–H and O–H groups in total. The molecule has 2 heterocycles. The first-order chi connectivity index (χ1) is 11.7.